The fourth-order valence-corrected chi connectivity index (χ4v) is 3.80. The smallest absolute Gasteiger partial charge is 0.228 e. The van der Waals surface area contributed by atoms with Crippen LogP contribution in [0.5, 0.6) is 5.88 Å². The molecule has 2 fully saturated rings. The van der Waals surface area contributed by atoms with Crippen molar-refractivity contribution in [2.75, 3.05) is 24.6 Å². The molecule has 0 aromatic carbocycles. The second-order valence-corrected chi connectivity index (χ2v) is 7.19. The van der Waals surface area contributed by atoms with Crippen molar-refractivity contribution in [3.63, 3.8) is 0 Å². The SMILES string of the molecule is CCOc1cc(C)nc(N2CCC(C(=O)NC3CCCCC3)CC2)n1. The summed E-state index contributed by atoms with van der Waals surface area (Å²) in [7, 11) is 0. The number of hydrogen-bond donors (Lipinski definition) is 1. The zero-order valence-corrected chi connectivity index (χ0v) is 15.5. The van der Waals surface area contributed by atoms with E-state index in [-0.39, 0.29) is 11.8 Å². The molecule has 0 radical (unpaired) electrons. The van der Waals surface area contributed by atoms with Crippen LogP contribution < -0.4 is 15.0 Å². The van der Waals surface area contributed by atoms with E-state index in [1.54, 1.807) is 0 Å². The van der Waals surface area contributed by atoms with Crippen LogP contribution in [0.1, 0.15) is 57.6 Å². The van der Waals surface area contributed by atoms with E-state index >= 15 is 0 Å². The van der Waals surface area contributed by atoms with Gasteiger partial charge in [-0.3, -0.25) is 4.79 Å². The van der Waals surface area contributed by atoms with Crippen LogP contribution in [0.25, 0.3) is 0 Å². The van der Waals surface area contributed by atoms with Gasteiger partial charge in [-0.15, -0.1) is 0 Å². The van der Waals surface area contributed by atoms with Gasteiger partial charge in [0.05, 0.1) is 6.61 Å². The Morgan fingerprint density at radius 1 is 1.20 bits per heavy atom. The summed E-state index contributed by atoms with van der Waals surface area (Å²) in [5, 5.41) is 3.27. The second-order valence-electron chi connectivity index (χ2n) is 7.19. The van der Waals surface area contributed by atoms with Crippen molar-refractivity contribution in [2.24, 2.45) is 5.92 Å². The first-order valence-electron chi connectivity index (χ1n) is 9.69. The first kappa shape index (κ1) is 18.0. The molecule has 1 aromatic heterocycles. The number of hydrogen-bond acceptors (Lipinski definition) is 5. The molecule has 1 amide bonds. The van der Waals surface area contributed by atoms with E-state index in [0.29, 0.717) is 18.5 Å². The molecule has 0 spiro atoms. The molecular weight excluding hydrogens is 316 g/mol. The van der Waals surface area contributed by atoms with Crippen LogP contribution in [0.4, 0.5) is 5.95 Å². The maximum atomic E-state index is 12.5. The van der Waals surface area contributed by atoms with E-state index in [4.69, 9.17) is 4.74 Å². The average molecular weight is 346 g/mol. The highest BCUT2D eigenvalue weighted by molar-refractivity contribution is 5.79. The molecule has 25 heavy (non-hydrogen) atoms. The molecule has 0 unspecified atom stereocenters. The molecule has 2 heterocycles. The van der Waals surface area contributed by atoms with Crippen molar-refractivity contribution in [3.8, 4) is 5.88 Å². The number of piperidine rings is 1. The maximum Gasteiger partial charge on any atom is 0.228 e. The van der Waals surface area contributed by atoms with Crippen LogP contribution in [0.15, 0.2) is 6.07 Å². The summed E-state index contributed by atoms with van der Waals surface area (Å²) >= 11 is 0. The minimum atomic E-state index is 0.120. The summed E-state index contributed by atoms with van der Waals surface area (Å²) in [4.78, 5) is 23.7. The first-order valence-corrected chi connectivity index (χ1v) is 9.69. The number of amides is 1. The van der Waals surface area contributed by atoms with Crippen LogP contribution in [-0.2, 0) is 4.79 Å². The van der Waals surface area contributed by atoms with Crippen LogP contribution in [0.2, 0.25) is 0 Å². The van der Waals surface area contributed by atoms with Gasteiger partial charge in [0.15, 0.2) is 0 Å². The summed E-state index contributed by atoms with van der Waals surface area (Å²) in [6.45, 7) is 6.14. The Morgan fingerprint density at radius 3 is 2.60 bits per heavy atom. The lowest BCUT2D eigenvalue weighted by Crippen LogP contribution is -2.44. The molecule has 1 N–H and O–H groups in total. The predicted octanol–water partition coefficient (Wildman–Crippen LogP) is 2.85. The molecule has 2 aliphatic rings. The third-order valence-electron chi connectivity index (χ3n) is 5.21. The number of anilines is 1. The fourth-order valence-electron chi connectivity index (χ4n) is 3.80. The van der Waals surface area contributed by atoms with E-state index in [2.05, 4.69) is 20.2 Å². The van der Waals surface area contributed by atoms with Gasteiger partial charge in [-0.1, -0.05) is 19.3 Å². The number of nitrogens with zero attached hydrogens (tertiary/aromatic N) is 3. The third-order valence-corrected chi connectivity index (χ3v) is 5.21. The van der Waals surface area contributed by atoms with Crippen molar-refractivity contribution in [3.05, 3.63) is 11.8 Å². The number of ether oxygens (including phenoxy) is 1. The Kier molecular flexibility index (Phi) is 6.10. The minimum Gasteiger partial charge on any atom is -0.478 e. The summed E-state index contributed by atoms with van der Waals surface area (Å²) in [5.74, 6) is 1.71. The summed E-state index contributed by atoms with van der Waals surface area (Å²) in [6.07, 6.45) is 7.81. The second kappa shape index (κ2) is 8.50. The molecule has 1 aliphatic carbocycles. The quantitative estimate of drug-likeness (QED) is 0.888. The predicted molar refractivity (Wildman–Crippen MR) is 97.9 cm³/mol. The number of carbonyl (C=O) groups excluding carboxylic acids is 1. The Labute approximate surface area is 150 Å². The number of rotatable bonds is 5. The number of carbonyl (C=O) groups is 1. The van der Waals surface area contributed by atoms with Crippen molar-refractivity contribution >= 4 is 11.9 Å². The van der Waals surface area contributed by atoms with Crippen molar-refractivity contribution in [1.29, 1.82) is 0 Å². The number of aromatic nitrogens is 2. The number of nitrogens with one attached hydrogen (secondary N) is 1. The lowest BCUT2D eigenvalue weighted by molar-refractivity contribution is -0.126. The molecule has 6 nitrogen and oxygen atoms in total. The maximum absolute atomic E-state index is 12.5. The Morgan fingerprint density at radius 2 is 1.92 bits per heavy atom. The topological polar surface area (TPSA) is 67.3 Å². The van der Waals surface area contributed by atoms with Gasteiger partial charge < -0.3 is 15.0 Å². The molecule has 6 heteroatoms. The molecule has 0 atom stereocenters. The van der Waals surface area contributed by atoms with E-state index in [1.165, 1.54) is 19.3 Å². The molecular formula is C19H30N4O2. The summed E-state index contributed by atoms with van der Waals surface area (Å²) in [5.41, 5.74) is 0.908. The van der Waals surface area contributed by atoms with Crippen molar-refractivity contribution < 1.29 is 9.53 Å². The van der Waals surface area contributed by atoms with Gasteiger partial charge >= 0.3 is 0 Å². The van der Waals surface area contributed by atoms with Gasteiger partial charge in [0.2, 0.25) is 17.7 Å². The van der Waals surface area contributed by atoms with Gasteiger partial charge in [0.1, 0.15) is 0 Å². The lowest BCUT2D eigenvalue weighted by atomic mass is 9.92. The van der Waals surface area contributed by atoms with E-state index < -0.39 is 0 Å². The highest BCUT2D eigenvalue weighted by atomic mass is 16.5. The van der Waals surface area contributed by atoms with Gasteiger partial charge in [-0.25, -0.2) is 4.98 Å². The monoisotopic (exact) mass is 346 g/mol. The highest BCUT2D eigenvalue weighted by Crippen LogP contribution is 2.24. The lowest BCUT2D eigenvalue weighted by Gasteiger charge is -2.33. The molecule has 1 aromatic rings. The summed E-state index contributed by atoms with van der Waals surface area (Å²) in [6, 6.07) is 2.25. The van der Waals surface area contributed by atoms with Gasteiger partial charge in [-0.2, -0.15) is 4.98 Å². The van der Waals surface area contributed by atoms with Gasteiger partial charge in [0, 0.05) is 36.8 Å². The van der Waals surface area contributed by atoms with Crippen molar-refractivity contribution in [1.82, 2.24) is 15.3 Å². The molecule has 1 saturated carbocycles. The third kappa shape index (κ3) is 4.83. The first-order chi connectivity index (χ1) is 12.2. The standard InChI is InChI=1S/C19H30N4O2/c1-3-25-17-13-14(2)20-19(22-17)23-11-9-15(10-12-23)18(24)21-16-7-5-4-6-8-16/h13,15-16H,3-12H2,1-2H3,(H,21,24). The molecule has 3 rings (SSSR count). The summed E-state index contributed by atoms with van der Waals surface area (Å²) < 4.78 is 5.52. The Balaban J connectivity index is 1.53. The molecule has 1 saturated heterocycles. The Hall–Kier alpha value is -1.85. The molecule has 1 aliphatic heterocycles. The van der Waals surface area contributed by atoms with Crippen LogP contribution >= 0.6 is 0 Å². The molecule has 138 valence electrons. The van der Waals surface area contributed by atoms with Gasteiger partial charge in [-0.05, 0) is 39.5 Å². The molecule has 0 bridgehead atoms. The van der Waals surface area contributed by atoms with Crippen LogP contribution in [-0.4, -0.2) is 41.6 Å². The van der Waals surface area contributed by atoms with Gasteiger partial charge in [0.25, 0.3) is 0 Å². The largest absolute Gasteiger partial charge is 0.478 e. The van der Waals surface area contributed by atoms with Crippen molar-refractivity contribution in [2.45, 2.75) is 64.8 Å². The van der Waals surface area contributed by atoms with E-state index in [9.17, 15) is 4.79 Å². The van der Waals surface area contributed by atoms with E-state index in [0.717, 1.165) is 50.4 Å². The minimum absolute atomic E-state index is 0.120. The normalized spacial score (nSPS) is 19.7. The van der Waals surface area contributed by atoms with E-state index in [1.807, 2.05) is 19.9 Å². The zero-order chi connectivity index (χ0) is 17.6. The van der Waals surface area contributed by atoms with Crippen LogP contribution in [0, 0.1) is 12.8 Å². The highest BCUT2D eigenvalue weighted by Gasteiger charge is 2.28. The zero-order valence-electron chi connectivity index (χ0n) is 15.5. The Bertz CT molecular complexity index is 579. The average Bonchev–Trinajstić information content (AvgIpc) is 2.62. The fraction of sp³-hybridized carbons (Fsp3) is 0.737. The van der Waals surface area contributed by atoms with Crippen LogP contribution in [0.3, 0.4) is 0 Å². The number of aryl methyl sites for hydroxylation is 1.